The lowest BCUT2D eigenvalue weighted by molar-refractivity contribution is 0.324. The van der Waals surface area contributed by atoms with Gasteiger partial charge in [0.2, 0.25) is 11.7 Å². The first kappa shape index (κ1) is 19.8. The van der Waals surface area contributed by atoms with Crippen LogP contribution in [-0.4, -0.2) is 37.4 Å². The van der Waals surface area contributed by atoms with Crippen LogP contribution in [0.15, 0.2) is 16.7 Å². The number of nitrogens with zero attached hydrogens (tertiary/aromatic N) is 2. The summed E-state index contributed by atoms with van der Waals surface area (Å²) in [6.45, 7) is 2.20. The molecule has 1 saturated heterocycles. The summed E-state index contributed by atoms with van der Waals surface area (Å²) in [6, 6.07) is 3.55. The second-order valence-electron chi connectivity index (χ2n) is 5.94. The van der Waals surface area contributed by atoms with Gasteiger partial charge in [0.05, 0.1) is 19.2 Å². The SMILES string of the molecule is COc1cc(-c2noc(CCC3CCNCC3)n2)cc(Cl)c1OC.Cl. The van der Waals surface area contributed by atoms with E-state index in [1.165, 1.54) is 12.8 Å². The average Bonchev–Trinajstić information content (AvgIpc) is 3.09. The van der Waals surface area contributed by atoms with Crippen molar-refractivity contribution in [1.29, 1.82) is 0 Å². The molecule has 25 heavy (non-hydrogen) atoms. The molecule has 6 nitrogen and oxygen atoms in total. The van der Waals surface area contributed by atoms with Gasteiger partial charge in [-0.3, -0.25) is 0 Å². The maximum Gasteiger partial charge on any atom is 0.226 e. The largest absolute Gasteiger partial charge is 0.493 e. The van der Waals surface area contributed by atoms with Crippen LogP contribution < -0.4 is 14.8 Å². The summed E-state index contributed by atoms with van der Waals surface area (Å²) < 4.78 is 15.9. The summed E-state index contributed by atoms with van der Waals surface area (Å²) in [5, 5.41) is 7.90. The Bertz CT molecular complexity index is 688. The van der Waals surface area contributed by atoms with Crippen molar-refractivity contribution in [3.63, 3.8) is 0 Å². The minimum atomic E-state index is 0. The van der Waals surface area contributed by atoms with Crippen molar-refractivity contribution < 1.29 is 14.0 Å². The Labute approximate surface area is 158 Å². The zero-order valence-corrected chi connectivity index (χ0v) is 16.0. The van der Waals surface area contributed by atoms with Crippen LogP contribution in [0, 0.1) is 5.92 Å². The normalized spacial score (nSPS) is 14.8. The van der Waals surface area contributed by atoms with Crippen LogP contribution in [0.25, 0.3) is 11.4 Å². The van der Waals surface area contributed by atoms with Gasteiger partial charge in [-0.25, -0.2) is 0 Å². The fourth-order valence-electron chi connectivity index (χ4n) is 3.02. The molecule has 0 spiro atoms. The number of nitrogens with one attached hydrogen (secondary N) is 1. The van der Waals surface area contributed by atoms with Crippen LogP contribution in [0.5, 0.6) is 11.5 Å². The van der Waals surface area contributed by atoms with E-state index < -0.39 is 0 Å². The summed E-state index contributed by atoms with van der Waals surface area (Å²) in [5.74, 6) is 2.95. The zero-order chi connectivity index (χ0) is 16.9. The molecule has 138 valence electrons. The van der Waals surface area contributed by atoms with Crippen LogP contribution in [0.1, 0.15) is 25.2 Å². The Morgan fingerprint density at radius 3 is 2.68 bits per heavy atom. The van der Waals surface area contributed by atoms with Crippen molar-refractivity contribution >= 4 is 24.0 Å². The van der Waals surface area contributed by atoms with Crippen LogP contribution in [0.3, 0.4) is 0 Å². The summed E-state index contributed by atoms with van der Waals surface area (Å²) in [6.07, 6.45) is 4.31. The molecular formula is C17H23Cl2N3O3. The summed E-state index contributed by atoms with van der Waals surface area (Å²) in [7, 11) is 3.12. The lowest BCUT2D eigenvalue weighted by Crippen LogP contribution is -2.27. The fourth-order valence-corrected chi connectivity index (χ4v) is 3.31. The molecule has 8 heteroatoms. The highest BCUT2D eigenvalue weighted by atomic mass is 35.5. The van der Waals surface area contributed by atoms with Crippen molar-refractivity contribution in [2.45, 2.75) is 25.7 Å². The summed E-state index contributed by atoms with van der Waals surface area (Å²) in [4.78, 5) is 4.49. The number of halogens is 2. The monoisotopic (exact) mass is 387 g/mol. The molecule has 0 radical (unpaired) electrons. The first-order valence-corrected chi connectivity index (χ1v) is 8.54. The van der Waals surface area contributed by atoms with Crippen LogP contribution >= 0.6 is 24.0 Å². The molecule has 1 aromatic carbocycles. The van der Waals surface area contributed by atoms with Gasteiger partial charge in [0.15, 0.2) is 11.5 Å². The van der Waals surface area contributed by atoms with Gasteiger partial charge in [-0.2, -0.15) is 4.98 Å². The third kappa shape index (κ3) is 4.77. The molecule has 3 rings (SSSR count). The molecule has 1 aliphatic heterocycles. The van der Waals surface area contributed by atoms with Gasteiger partial charge in [0, 0.05) is 12.0 Å². The summed E-state index contributed by atoms with van der Waals surface area (Å²) >= 11 is 6.24. The van der Waals surface area contributed by atoms with Crippen molar-refractivity contribution in [3.05, 3.63) is 23.0 Å². The smallest absolute Gasteiger partial charge is 0.226 e. The van der Waals surface area contributed by atoms with Crippen molar-refractivity contribution in [1.82, 2.24) is 15.5 Å². The molecule has 0 saturated carbocycles. The van der Waals surface area contributed by atoms with Crippen LogP contribution in [0.2, 0.25) is 5.02 Å². The van der Waals surface area contributed by atoms with Crippen LogP contribution in [0.4, 0.5) is 0 Å². The van der Waals surface area contributed by atoms with Gasteiger partial charge < -0.3 is 19.3 Å². The van der Waals surface area contributed by atoms with Crippen molar-refractivity contribution in [2.24, 2.45) is 5.92 Å². The molecule has 0 aliphatic carbocycles. The number of benzene rings is 1. The molecular weight excluding hydrogens is 365 g/mol. The van der Waals surface area contributed by atoms with Gasteiger partial charge in [-0.1, -0.05) is 16.8 Å². The topological polar surface area (TPSA) is 69.4 Å². The predicted molar refractivity (Wildman–Crippen MR) is 99.0 cm³/mol. The quantitative estimate of drug-likeness (QED) is 0.813. The second kappa shape index (κ2) is 9.27. The lowest BCUT2D eigenvalue weighted by atomic mass is 9.93. The molecule has 0 atom stereocenters. The Kier molecular flexibility index (Phi) is 7.35. The molecule has 0 bridgehead atoms. The highest BCUT2D eigenvalue weighted by Crippen LogP contribution is 2.38. The Hall–Kier alpha value is -1.50. The standard InChI is InChI=1S/C17H22ClN3O3.ClH/c1-22-14-10-12(9-13(18)16(14)23-2)17-20-15(24-21-17)4-3-11-5-7-19-8-6-11;/h9-11,19H,3-8H2,1-2H3;1H. The third-order valence-corrected chi connectivity index (χ3v) is 4.67. The number of hydrogen-bond acceptors (Lipinski definition) is 6. The summed E-state index contributed by atoms with van der Waals surface area (Å²) in [5.41, 5.74) is 0.745. The number of rotatable bonds is 6. The molecule has 1 aromatic heterocycles. The van der Waals surface area contributed by atoms with E-state index in [0.717, 1.165) is 37.4 Å². The van der Waals surface area contributed by atoms with Gasteiger partial charge in [0.1, 0.15) is 0 Å². The first-order chi connectivity index (χ1) is 11.7. The number of piperidine rings is 1. The van der Waals surface area contributed by atoms with Gasteiger partial charge in [-0.05, 0) is 50.4 Å². The van der Waals surface area contributed by atoms with Crippen molar-refractivity contribution in [2.75, 3.05) is 27.3 Å². The molecule has 0 unspecified atom stereocenters. The van der Waals surface area contributed by atoms with Crippen molar-refractivity contribution in [3.8, 4) is 22.9 Å². The van der Waals surface area contributed by atoms with E-state index in [1.807, 2.05) is 0 Å². The van der Waals surface area contributed by atoms with Gasteiger partial charge in [-0.15, -0.1) is 12.4 Å². The number of methoxy groups -OCH3 is 2. The first-order valence-electron chi connectivity index (χ1n) is 8.16. The number of aryl methyl sites for hydroxylation is 1. The van der Waals surface area contributed by atoms with E-state index in [0.29, 0.717) is 28.2 Å². The molecule has 2 aromatic rings. The number of aromatic nitrogens is 2. The third-order valence-electron chi connectivity index (χ3n) is 4.39. The fraction of sp³-hybridized carbons (Fsp3) is 0.529. The highest BCUT2D eigenvalue weighted by molar-refractivity contribution is 6.32. The Morgan fingerprint density at radius 2 is 2.00 bits per heavy atom. The Balaban J connectivity index is 0.00000225. The number of ether oxygens (including phenoxy) is 2. The van der Waals surface area contributed by atoms with E-state index in [4.69, 9.17) is 25.6 Å². The van der Waals surface area contributed by atoms with Gasteiger partial charge >= 0.3 is 0 Å². The minimum Gasteiger partial charge on any atom is -0.493 e. The molecule has 1 aliphatic rings. The van der Waals surface area contributed by atoms with Gasteiger partial charge in [0.25, 0.3) is 0 Å². The van der Waals surface area contributed by atoms with E-state index >= 15 is 0 Å². The van der Waals surface area contributed by atoms with Crippen LogP contribution in [-0.2, 0) is 6.42 Å². The predicted octanol–water partition coefficient (Wildman–Crippen LogP) is 3.76. The average molecular weight is 388 g/mol. The highest BCUT2D eigenvalue weighted by Gasteiger charge is 2.17. The number of hydrogen-bond donors (Lipinski definition) is 1. The Morgan fingerprint density at radius 1 is 1.24 bits per heavy atom. The zero-order valence-electron chi connectivity index (χ0n) is 14.4. The second-order valence-corrected chi connectivity index (χ2v) is 6.34. The minimum absolute atomic E-state index is 0. The van der Waals surface area contributed by atoms with E-state index in [-0.39, 0.29) is 12.4 Å². The van der Waals surface area contributed by atoms with E-state index in [1.54, 1.807) is 26.4 Å². The molecule has 1 N–H and O–H groups in total. The maximum atomic E-state index is 6.24. The van der Waals surface area contributed by atoms with E-state index in [2.05, 4.69) is 15.5 Å². The molecule has 0 amide bonds. The molecule has 2 heterocycles. The van der Waals surface area contributed by atoms with E-state index in [9.17, 15) is 0 Å². The molecule has 1 fully saturated rings. The lowest BCUT2D eigenvalue weighted by Gasteiger charge is -2.21. The maximum absolute atomic E-state index is 6.24.